The minimum Gasteiger partial charge on any atom is -0.317 e. The van der Waals surface area contributed by atoms with Crippen LogP contribution in [-0.2, 0) is 21.5 Å². The van der Waals surface area contributed by atoms with Gasteiger partial charge in [0, 0.05) is 36.0 Å². The first-order chi connectivity index (χ1) is 16.9. The Balaban J connectivity index is 1.41. The van der Waals surface area contributed by atoms with Crippen LogP contribution in [0.15, 0.2) is 42.7 Å². The van der Waals surface area contributed by atoms with Crippen LogP contribution < -0.4 is 15.5 Å². The number of aromatic nitrogens is 2. The number of nitrogens with one attached hydrogen (secondary N) is 2. The molecule has 2 N–H and O–H groups in total. The van der Waals surface area contributed by atoms with Gasteiger partial charge in [-0.2, -0.15) is 5.10 Å². The summed E-state index contributed by atoms with van der Waals surface area (Å²) in [5.74, 6) is -0.381. The zero-order valence-electron chi connectivity index (χ0n) is 20.2. The summed E-state index contributed by atoms with van der Waals surface area (Å²) in [4.78, 5) is 37.3. The van der Waals surface area contributed by atoms with Crippen LogP contribution in [0.5, 0.6) is 0 Å². The number of benzene rings is 2. The lowest BCUT2D eigenvalue weighted by atomic mass is 9.91. The molecule has 1 fully saturated rings. The topological polar surface area (TPSA) is 96.3 Å². The van der Waals surface area contributed by atoms with Crippen molar-refractivity contribution < 1.29 is 14.4 Å². The molecule has 1 atom stereocenters. The molecule has 0 aliphatic carbocycles. The van der Waals surface area contributed by atoms with E-state index >= 15 is 0 Å². The second kappa shape index (κ2) is 9.26. The van der Waals surface area contributed by atoms with Crippen molar-refractivity contribution >= 4 is 34.7 Å². The molecule has 5 rings (SSSR count). The molecule has 3 heterocycles. The number of carbonyl (C=O) groups is 3. The number of nitrogens with zero attached hydrogens (tertiary/aromatic N) is 3. The SMILES string of the molecule is CC(CCC(=O)NC=O)N1C(=O)c2cccc3c(Cc4cnn(C5(C)CCNCC5)c4)ccc1c23. The van der Waals surface area contributed by atoms with Crippen molar-refractivity contribution in [2.75, 3.05) is 18.0 Å². The maximum absolute atomic E-state index is 13.3. The monoisotopic (exact) mass is 473 g/mol. The van der Waals surface area contributed by atoms with E-state index in [1.807, 2.05) is 31.3 Å². The quantitative estimate of drug-likeness (QED) is 0.490. The molecule has 8 nitrogen and oxygen atoms in total. The summed E-state index contributed by atoms with van der Waals surface area (Å²) in [6.07, 6.45) is 8.02. The number of carbonyl (C=O) groups excluding carboxylic acids is 3. The van der Waals surface area contributed by atoms with Gasteiger partial charge < -0.3 is 10.2 Å². The number of amides is 3. The van der Waals surface area contributed by atoms with Gasteiger partial charge in [0.2, 0.25) is 12.3 Å². The van der Waals surface area contributed by atoms with E-state index in [9.17, 15) is 14.4 Å². The predicted octanol–water partition coefficient (Wildman–Crippen LogP) is 3.13. The number of rotatable bonds is 8. The first-order valence-corrected chi connectivity index (χ1v) is 12.3. The fourth-order valence-corrected chi connectivity index (χ4v) is 5.43. The van der Waals surface area contributed by atoms with Crippen LogP contribution in [0.3, 0.4) is 0 Å². The number of imide groups is 1. The van der Waals surface area contributed by atoms with Gasteiger partial charge in [-0.1, -0.05) is 18.2 Å². The fourth-order valence-electron chi connectivity index (χ4n) is 5.43. The molecule has 2 aliphatic heterocycles. The highest BCUT2D eigenvalue weighted by Crippen LogP contribution is 2.41. The summed E-state index contributed by atoms with van der Waals surface area (Å²) in [5, 5.41) is 12.3. The third-order valence-corrected chi connectivity index (χ3v) is 7.53. The summed E-state index contributed by atoms with van der Waals surface area (Å²) in [5.41, 5.74) is 3.93. The smallest absolute Gasteiger partial charge is 0.259 e. The van der Waals surface area contributed by atoms with Crippen molar-refractivity contribution in [3.8, 4) is 0 Å². The van der Waals surface area contributed by atoms with Crippen molar-refractivity contribution in [1.82, 2.24) is 20.4 Å². The molecule has 2 aromatic carbocycles. The summed E-state index contributed by atoms with van der Waals surface area (Å²) in [6.45, 7) is 6.22. The van der Waals surface area contributed by atoms with Crippen LogP contribution in [0.2, 0.25) is 0 Å². The summed E-state index contributed by atoms with van der Waals surface area (Å²) in [7, 11) is 0. The van der Waals surface area contributed by atoms with Gasteiger partial charge in [0.05, 0.1) is 17.4 Å². The molecular formula is C27H31N5O3. The Hall–Kier alpha value is -3.52. The highest BCUT2D eigenvalue weighted by Gasteiger charge is 2.34. The molecule has 0 radical (unpaired) electrons. The predicted molar refractivity (Wildman–Crippen MR) is 134 cm³/mol. The van der Waals surface area contributed by atoms with Crippen molar-refractivity contribution in [3.05, 3.63) is 59.4 Å². The van der Waals surface area contributed by atoms with Gasteiger partial charge >= 0.3 is 0 Å². The Morgan fingerprint density at radius 1 is 1.26 bits per heavy atom. The molecule has 1 aromatic heterocycles. The normalized spacial score (nSPS) is 17.5. The average molecular weight is 474 g/mol. The van der Waals surface area contributed by atoms with Gasteiger partial charge in [0.1, 0.15) is 0 Å². The molecule has 1 saturated heterocycles. The molecular weight excluding hydrogens is 442 g/mol. The number of anilines is 1. The number of piperidine rings is 1. The van der Waals surface area contributed by atoms with Gasteiger partial charge in [-0.05, 0) is 74.8 Å². The third-order valence-electron chi connectivity index (χ3n) is 7.53. The first-order valence-electron chi connectivity index (χ1n) is 12.3. The van der Waals surface area contributed by atoms with Crippen LogP contribution in [0, 0.1) is 0 Å². The van der Waals surface area contributed by atoms with Gasteiger partial charge in [-0.15, -0.1) is 0 Å². The lowest BCUT2D eigenvalue weighted by Crippen LogP contribution is -2.42. The molecule has 182 valence electrons. The summed E-state index contributed by atoms with van der Waals surface area (Å²) < 4.78 is 2.12. The van der Waals surface area contributed by atoms with Crippen LogP contribution in [0.25, 0.3) is 10.8 Å². The molecule has 3 aromatic rings. The Bertz CT molecular complexity index is 1290. The maximum atomic E-state index is 13.3. The number of hydrogen-bond acceptors (Lipinski definition) is 5. The minimum atomic E-state index is -0.338. The first kappa shape index (κ1) is 23.2. The van der Waals surface area contributed by atoms with Crippen molar-refractivity contribution in [2.45, 2.75) is 57.5 Å². The Labute approximate surface area is 204 Å². The largest absolute Gasteiger partial charge is 0.317 e. The highest BCUT2D eigenvalue weighted by molar-refractivity contribution is 6.25. The molecule has 8 heteroatoms. The Kier molecular flexibility index (Phi) is 6.15. The van der Waals surface area contributed by atoms with Crippen LogP contribution >= 0.6 is 0 Å². The lowest BCUT2D eigenvalue weighted by Gasteiger charge is -2.34. The second-order valence-electron chi connectivity index (χ2n) is 9.94. The van der Waals surface area contributed by atoms with Gasteiger partial charge in [-0.25, -0.2) is 0 Å². The summed E-state index contributed by atoms with van der Waals surface area (Å²) in [6, 6.07) is 9.84. The number of hydrogen-bond donors (Lipinski definition) is 2. The molecule has 3 amide bonds. The second-order valence-corrected chi connectivity index (χ2v) is 9.94. The molecule has 0 saturated carbocycles. The van der Waals surface area contributed by atoms with Crippen LogP contribution in [-0.4, -0.2) is 47.1 Å². The molecule has 2 aliphatic rings. The van der Waals surface area contributed by atoms with Gasteiger partial charge in [0.15, 0.2) is 0 Å². The molecule has 1 unspecified atom stereocenters. The van der Waals surface area contributed by atoms with Gasteiger partial charge in [0.25, 0.3) is 5.91 Å². The van der Waals surface area contributed by atoms with Gasteiger partial charge in [-0.3, -0.25) is 24.4 Å². The Morgan fingerprint density at radius 3 is 2.83 bits per heavy atom. The van der Waals surface area contributed by atoms with Crippen LogP contribution in [0.1, 0.15) is 61.0 Å². The van der Waals surface area contributed by atoms with E-state index in [-0.39, 0.29) is 29.8 Å². The molecule has 0 bridgehead atoms. The maximum Gasteiger partial charge on any atom is 0.259 e. The van der Waals surface area contributed by atoms with E-state index < -0.39 is 0 Å². The van der Waals surface area contributed by atoms with E-state index in [1.165, 1.54) is 0 Å². The van der Waals surface area contributed by atoms with E-state index in [1.54, 1.807) is 4.90 Å². The van der Waals surface area contributed by atoms with Crippen molar-refractivity contribution in [3.63, 3.8) is 0 Å². The zero-order chi connectivity index (χ0) is 24.6. The highest BCUT2D eigenvalue weighted by atomic mass is 16.2. The molecule has 0 spiro atoms. The third kappa shape index (κ3) is 4.23. The molecule has 35 heavy (non-hydrogen) atoms. The van der Waals surface area contributed by atoms with E-state index in [0.717, 1.165) is 59.9 Å². The van der Waals surface area contributed by atoms with Crippen molar-refractivity contribution in [1.29, 1.82) is 0 Å². The minimum absolute atomic E-state index is 0.0389. The Morgan fingerprint density at radius 2 is 2.06 bits per heavy atom. The zero-order valence-corrected chi connectivity index (χ0v) is 20.2. The average Bonchev–Trinajstić information content (AvgIpc) is 3.44. The van der Waals surface area contributed by atoms with Crippen molar-refractivity contribution in [2.24, 2.45) is 0 Å². The van der Waals surface area contributed by atoms with Crippen LogP contribution in [0.4, 0.5) is 5.69 Å². The lowest BCUT2D eigenvalue weighted by molar-refractivity contribution is -0.125. The fraction of sp³-hybridized carbons (Fsp3) is 0.407. The summed E-state index contributed by atoms with van der Waals surface area (Å²) >= 11 is 0. The van der Waals surface area contributed by atoms with E-state index in [0.29, 0.717) is 18.4 Å². The van der Waals surface area contributed by atoms with E-state index in [4.69, 9.17) is 5.10 Å². The standard InChI is InChI=1S/C27H31N5O3/c1-18(6-9-24(34)29-17-33)32-23-8-7-20(21-4-3-5-22(25(21)23)26(32)35)14-19-15-30-31(16-19)27(2)10-12-28-13-11-27/h3-5,7-8,15-18,28H,6,9-14H2,1-2H3,(H,29,33,34). The van der Waals surface area contributed by atoms with E-state index in [2.05, 4.69) is 40.6 Å².